The highest BCUT2D eigenvalue weighted by molar-refractivity contribution is 5.78. The van der Waals surface area contributed by atoms with E-state index < -0.39 is 0 Å². The van der Waals surface area contributed by atoms with Gasteiger partial charge in [0.05, 0.1) is 17.1 Å². The van der Waals surface area contributed by atoms with Crippen LogP contribution in [0.25, 0.3) is 11.0 Å². The summed E-state index contributed by atoms with van der Waals surface area (Å²) in [6, 6.07) is 15.3. The highest BCUT2D eigenvalue weighted by Crippen LogP contribution is 2.32. The molecule has 1 aliphatic carbocycles. The van der Waals surface area contributed by atoms with Crippen molar-refractivity contribution in [1.29, 1.82) is 0 Å². The van der Waals surface area contributed by atoms with Gasteiger partial charge in [0.1, 0.15) is 0 Å². The summed E-state index contributed by atoms with van der Waals surface area (Å²) in [6.45, 7) is 0. The third-order valence-electron chi connectivity index (χ3n) is 4.18. The van der Waals surface area contributed by atoms with Crippen molar-refractivity contribution in [3.8, 4) is 0 Å². The van der Waals surface area contributed by atoms with Gasteiger partial charge in [-0.25, -0.2) is 0 Å². The maximum absolute atomic E-state index is 4.38. The monoisotopic (exact) mass is 275 g/mol. The van der Waals surface area contributed by atoms with Crippen molar-refractivity contribution in [1.82, 2.24) is 9.97 Å². The molecule has 4 rings (SSSR count). The minimum Gasteiger partial charge on any atom is -0.378 e. The summed E-state index contributed by atoms with van der Waals surface area (Å²) in [4.78, 5) is 8.69. The van der Waals surface area contributed by atoms with Gasteiger partial charge in [0, 0.05) is 18.1 Å². The van der Waals surface area contributed by atoms with Crippen LogP contribution in [0.5, 0.6) is 0 Å². The maximum Gasteiger partial charge on any atom is 0.0907 e. The first-order chi connectivity index (χ1) is 10.4. The zero-order chi connectivity index (χ0) is 14.1. The van der Waals surface area contributed by atoms with Gasteiger partial charge in [-0.1, -0.05) is 24.3 Å². The molecule has 0 fully saturated rings. The number of nitrogens with one attached hydrogen (secondary N) is 1. The molecule has 0 bridgehead atoms. The first-order valence-electron chi connectivity index (χ1n) is 7.45. The number of aromatic nitrogens is 2. The van der Waals surface area contributed by atoms with Crippen LogP contribution in [0.3, 0.4) is 0 Å². The number of benzene rings is 2. The Morgan fingerprint density at radius 3 is 2.76 bits per heavy atom. The minimum absolute atomic E-state index is 0.393. The fraction of sp³-hybridized carbons (Fsp3) is 0.222. The molecule has 0 radical (unpaired) electrons. The SMILES string of the molecule is c1ccc2c(c1)CCCC2Nc1ccc2nccnc2c1. The van der Waals surface area contributed by atoms with Crippen molar-refractivity contribution in [2.45, 2.75) is 25.3 Å². The first-order valence-corrected chi connectivity index (χ1v) is 7.45. The van der Waals surface area contributed by atoms with Crippen LogP contribution in [0.4, 0.5) is 5.69 Å². The smallest absolute Gasteiger partial charge is 0.0907 e. The van der Waals surface area contributed by atoms with Crippen molar-refractivity contribution in [2.24, 2.45) is 0 Å². The van der Waals surface area contributed by atoms with E-state index in [4.69, 9.17) is 0 Å². The van der Waals surface area contributed by atoms with Crippen molar-refractivity contribution >= 4 is 16.7 Å². The van der Waals surface area contributed by atoms with E-state index in [0.717, 1.165) is 16.7 Å². The van der Waals surface area contributed by atoms with E-state index >= 15 is 0 Å². The second kappa shape index (κ2) is 5.17. The molecule has 0 amide bonds. The Hall–Kier alpha value is -2.42. The lowest BCUT2D eigenvalue weighted by Gasteiger charge is -2.27. The second-order valence-corrected chi connectivity index (χ2v) is 5.55. The van der Waals surface area contributed by atoms with Crippen LogP contribution in [0.2, 0.25) is 0 Å². The lowest BCUT2D eigenvalue weighted by atomic mass is 9.87. The Labute approximate surface area is 124 Å². The number of fused-ring (bicyclic) bond motifs is 2. The van der Waals surface area contributed by atoms with Crippen LogP contribution in [-0.4, -0.2) is 9.97 Å². The van der Waals surface area contributed by atoms with Crippen molar-refractivity contribution in [3.05, 3.63) is 66.0 Å². The molecule has 1 aliphatic rings. The fourth-order valence-corrected chi connectivity index (χ4v) is 3.16. The molecule has 3 heteroatoms. The Balaban J connectivity index is 1.66. The molecule has 0 aliphatic heterocycles. The van der Waals surface area contributed by atoms with Gasteiger partial charge in [-0.15, -0.1) is 0 Å². The van der Waals surface area contributed by atoms with Crippen LogP contribution in [0, 0.1) is 0 Å². The Kier molecular flexibility index (Phi) is 3.03. The third-order valence-corrected chi connectivity index (χ3v) is 4.18. The van der Waals surface area contributed by atoms with Crippen molar-refractivity contribution in [3.63, 3.8) is 0 Å². The third kappa shape index (κ3) is 2.35. The minimum atomic E-state index is 0.393. The second-order valence-electron chi connectivity index (χ2n) is 5.55. The summed E-state index contributed by atoms with van der Waals surface area (Å²) in [6.07, 6.45) is 7.07. The zero-order valence-corrected chi connectivity index (χ0v) is 11.8. The lowest BCUT2D eigenvalue weighted by Crippen LogP contribution is -2.17. The molecule has 104 valence electrons. The number of anilines is 1. The number of nitrogens with zero attached hydrogens (tertiary/aromatic N) is 2. The van der Waals surface area contributed by atoms with E-state index in [2.05, 4.69) is 51.7 Å². The number of aryl methyl sites for hydroxylation is 1. The standard InChI is InChI=1S/C18H17N3/c1-2-6-15-13(4-1)5-3-7-16(15)21-14-8-9-17-18(12-14)20-11-10-19-17/h1-2,4,6,8-12,16,21H,3,5,7H2. The van der Waals surface area contributed by atoms with Crippen LogP contribution in [0.1, 0.15) is 30.0 Å². The van der Waals surface area contributed by atoms with Gasteiger partial charge in [-0.2, -0.15) is 0 Å². The summed E-state index contributed by atoms with van der Waals surface area (Å²) < 4.78 is 0. The lowest BCUT2D eigenvalue weighted by molar-refractivity contribution is 0.600. The molecular weight excluding hydrogens is 258 g/mol. The molecule has 1 heterocycles. The highest BCUT2D eigenvalue weighted by Gasteiger charge is 2.19. The molecule has 1 N–H and O–H groups in total. The van der Waals surface area contributed by atoms with Gasteiger partial charge in [-0.05, 0) is 48.6 Å². The average molecular weight is 275 g/mol. The van der Waals surface area contributed by atoms with Gasteiger partial charge >= 0.3 is 0 Å². The average Bonchev–Trinajstić information content (AvgIpc) is 2.55. The topological polar surface area (TPSA) is 37.8 Å². The Bertz CT molecular complexity index is 782. The number of hydrogen-bond acceptors (Lipinski definition) is 3. The fourth-order valence-electron chi connectivity index (χ4n) is 3.16. The van der Waals surface area contributed by atoms with E-state index in [0.29, 0.717) is 6.04 Å². The molecule has 1 atom stereocenters. The molecule has 0 saturated carbocycles. The van der Waals surface area contributed by atoms with E-state index in [-0.39, 0.29) is 0 Å². The first kappa shape index (κ1) is 12.3. The van der Waals surface area contributed by atoms with Gasteiger partial charge in [0.25, 0.3) is 0 Å². The zero-order valence-electron chi connectivity index (χ0n) is 11.8. The Morgan fingerprint density at radius 2 is 1.81 bits per heavy atom. The van der Waals surface area contributed by atoms with Gasteiger partial charge < -0.3 is 5.32 Å². The van der Waals surface area contributed by atoms with Gasteiger partial charge in [0.2, 0.25) is 0 Å². The normalized spacial score (nSPS) is 17.4. The van der Waals surface area contributed by atoms with E-state index in [1.807, 2.05) is 6.07 Å². The van der Waals surface area contributed by atoms with Crippen molar-refractivity contribution < 1.29 is 0 Å². The molecule has 2 aromatic carbocycles. The summed E-state index contributed by atoms with van der Waals surface area (Å²) in [7, 11) is 0. The molecule has 0 saturated heterocycles. The predicted octanol–water partition coefficient (Wildman–Crippen LogP) is 4.12. The summed E-state index contributed by atoms with van der Waals surface area (Å²) >= 11 is 0. The van der Waals surface area contributed by atoms with E-state index in [1.165, 1.54) is 30.4 Å². The van der Waals surface area contributed by atoms with Crippen LogP contribution in [-0.2, 0) is 6.42 Å². The largest absolute Gasteiger partial charge is 0.378 e. The van der Waals surface area contributed by atoms with Crippen molar-refractivity contribution in [2.75, 3.05) is 5.32 Å². The molecule has 21 heavy (non-hydrogen) atoms. The van der Waals surface area contributed by atoms with Crippen LogP contribution in [0.15, 0.2) is 54.9 Å². The maximum atomic E-state index is 4.38. The van der Waals surface area contributed by atoms with E-state index in [1.54, 1.807) is 12.4 Å². The highest BCUT2D eigenvalue weighted by atomic mass is 14.9. The summed E-state index contributed by atoms with van der Waals surface area (Å²) in [5.74, 6) is 0. The van der Waals surface area contributed by atoms with Crippen LogP contribution >= 0.6 is 0 Å². The van der Waals surface area contributed by atoms with Crippen LogP contribution < -0.4 is 5.32 Å². The van der Waals surface area contributed by atoms with Gasteiger partial charge in [-0.3, -0.25) is 9.97 Å². The number of rotatable bonds is 2. The molecule has 1 unspecified atom stereocenters. The molecule has 1 aromatic heterocycles. The van der Waals surface area contributed by atoms with E-state index in [9.17, 15) is 0 Å². The van der Waals surface area contributed by atoms with Gasteiger partial charge in [0.15, 0.2) is 0 Å². The quantitative estimate of drug-likeness (QED) is 0.764. The molecule has 3 nitrogen and oxygen atoms in total. The molecule has 0 spiro atoms. The summed E-state index contributed by atoms with van der Waals surface area (Å²) in [5, 5.41) is 3.66. The summed E-state index contributed by atoms with van der Waals surface area (Å²) in [5.41, 5.74) is 5.90. The Morgan fingerprint density at radius 1 is 0.952 bits per heavy atom. The molecule has 3 aromatic rings. The number of hydrogen-bond donors (Lipinski definition) is 1. The predicted molar refractivity (Wildman–Crippen MR) is 85.3 cm³/mol. The molecular formula is C18H17N3.